The molecular formula is C19H23N3O5S. The quantitative estimate of drug-likeness (QED) is 0.697. The summed E-state index contributed by atoms with van der Waals surface area (Å²) in [5.74, 6) is -1.12. The molecule has 0 aliphatic carbocycles. The van der Waals surface area contributed by atoms with Crippen molar-refractivity contribution in [3.05, 3.63) is 53.6 Å². The van der Waals surface area contributed by atoms with E-state index in [1.807, 2.05) is 0 Å². The largest absolute Gasteiger partial charge is 0.496 e. The van der Waals surface area contributed by atoms with Crippen LogP contribution in [-0.4, -0.2) is 44.7 Å². The maximum Gasteiger partial charge on any atom is 0.259 e. The Morgan fingerprint density at radius 1 is 1.07 bits per heavy atom. The van der Waals surface area contributed by atoms with Gasteiger partial charge < -0.3 is 15.8 Å². The van der Waals surface area contributed by atoms with E-state index in [0.717, 1.165) is 0 Å². The molecule has 0 bridgehead atoms. The molecule has 28 heavy (non-hydrogen) atoms. The number of hydrogen-bond donors (Lipinski definition) is 2. The molecule has 2 rings (SSSR count). The number of para-hydroxylation sites is 1. The van der Waals surface area contributed by atoms with Gasteiger partial charge in [-0.05, 0) is 30.3 Å². The van der Waals surface area contributed by atoms with E-state index in [0.29, 0.717) is 13.1 Å². The molecule has 0 aliphatic rings. The van der Waals surface area contributed by atoms with E-state index in [-0.39, 0.29) is 27.5 Å². The first kappa shape index (κ1) is 21.4. The maximum atomic E-state index is 12.8. The third-order valence-corrected chi connectivity index (χ3v) is 6.25. The van der Waals surface area contributed by atoms with Crippen LogP contribution in [0.3, 0.4) is 0 Å². The topological polar surface area (TPSA) is 119 Å². The monoisotopic (exact) mass is 405 g/mol. The SMILES string of the molecule is CCN(CC)S(=O)(=O)c1ccc(OC)c(C(=O)Nc2ccccc2C(N)=O)c1. The number of benzene rings is 2. The minimum atomic E-state index is -3.75. The van der Waals surface area contributed by atoms with Crippen molar-refractivity contribution < 1.29 is 22.7 Å². The van der Waals surface area contributed by atoms with Crippen LogP contribution < -0.4 is 15.8 Å². The summed E-state index contributed by atoms with van der Waals surface area (Å²) in [7, 11) is -2.38. The summed E-state index contributed by atoms with van der Waals surface area (Å²) in [5, 5.41) is 2.59. The highest BCUT2D eigenvalue weighted by molar-refractivity contribution is 7.89. The van der Waals surface area contributed by atoms with Crippen molar-refractivity contribution in [2.24, 2.45) is 5.73 Å². The molecule has 0 radical (unpaired) electrons. The highest BCUT2D eigenvalue weighted by Crippen LogP contribution is 2.26. The number of rotatable bonds is 8. The average Bonchev–Trinajstić information content (AvgIpc) is 2.68. The highest BCUT2D eigenvalue weighted by Gasteiger charge is 2.25. The first-order chi connectivity index (χ1) is 13.3. The van der Waals surface area contributed by atoms with Crippen LogP contribution in [0.15, 0.2) is 47.4 Å². The van der Waals surface area contributed by atoms with E-state index >= 15 is 0 Å². The Morgan fingerprint density at radius 2 is 1.71 bits per heavy atom. The molecule has 3 N–H and O–H groups in total. The summed E-state index contributed by atoms with van der Waals surface area (Å²) in [6, 6.07) is 10.3. The van der Waals surface area contributed by atoms with Crippen LogP contribution in [-0.2, 0) is 10.0 Å². The van der Waals surface area contributed by atoms with Gasteiger partial charge in [0.1, 0.15) is 5.75 Å². The minimum absolute atomic E-state index is 0.0228. The predicted molar refractivity (Wildman–Crippen MR) is 106 cm³/mol. The molecule has 2 amide bonds. The number of carbonyl (C=O) groups is 2. The second-order valence-electron chi connectivity index (χ2n) is 5.82. The summed E-state index contributed by atoms with van der Waals surface area (Å²) < 4.78 is 32.0. The maximum absolute atomic E-state index is 12.8. The minimum Gasteiger partial charge on any atom is -0.496 e. The van der Waals surface area contributed by atoms with Crippen molar-refractivity contribution in [1.29, 1.82) is 0 Å². The number of amides is 2. The van der Waals surface area contributed by atoms with Gasteiger partial charge in [0.2, 0.25) is 10.0 Å². The van der Waals surface area contributed by atoms with Crippen LogP contribution in [0.2, 0.25) is 0 Å². The van der Waals surface area contributed by atoms with Gasteiger partial charge >= 0.3 is 0 Å². The Labute approximate surface area is 164 Å². The second kappa shape index (κ2) is 8.85. The van der Waals surface area contributed by atoms with Crippen LogP contribution in [0.5, 0.6) is 5.75 Å². The number of ether oxygens (including phenoxy) is 1. The Morgan fingerprint density at radius 3 is 2.29 bits per heavy atom. The average molecular weight is 405 g/mol. The summed E-state index contributed by atoms with van der Waals surface area (Å²) in [6.07, 6.45) is 0. The van der Waals surface area contributed by atoms with Gasteiger partial charge in [0, 0.05) is 13.1 Å². The number of hydrogen-bond acceptors (Lipinski definition) is 5. The van der Waals surface area contributed by atoms with Gasteiger partial charge in [0.25, 0.3) is 11.8 Å². The smallest absolute Gasteiger partial charge is 0.259 e. The van der Waals surface area contributed by atoms with Crippen molar-refractivity contribution in [2.75, 3.05) is 25.5 Å². The molecule has 2 aromatic rings. The lowest BCUT2D eigenvalue weighted by Gasteiger charge is -2.19. The van der Waals surface area contributed by atoms with E-state index in [1.54, 1.807) is 26.0 Å². The van der Waals surface area contributed by atoms with Crippen LogP contribution in [0.1, 0.15) is 34.6 Å². The standard InChI is InChI=1S/C19H23N3O5S/c1-4-22(5-2)28(25,26)13-10-11-17(27-3)15(12-13)19(24)21-16-9-7-6-8-14(16)18(20)23/h6-12H,4-5H2,1-3H3,(H2,20,23)(H,21,24). The molecule has 150 valence electrons. The van der Waals surface area contributed by atoms with Crippen LogP contribution in [0.25, 0.3) is 0 Å². The van der Waals surface area contributed by atoms with Crippen molar-refractivity contribution in [1.82, 2.24) is 4.31 Å². The van der Waals surface area contributed by atoms with Crippen LogP contribution >= 0.6 is 0 Å². The van der Waals surface area contributed by atoms with Gasteiger partial charge in [0.15, 0.2) is 0 Å². The molecule has 9 heteroatoms. The number of primary amides is 1. The molecule has 0 heterocycles. The lowest BCUT2D eigenvalue weighted by atomic mass is 10.1. The molecule has 2 aromatic carbocycles. The summed E-state index contributed by atoms with van der Waals surface area (Å²) in [5.41, 5.74) is 5.72. The van der Waals surface area contributed by atoms with E-state index < -0.39 is 21.8 Å². The van der Waals surface area contributed by atoms with Crippen molar-refractivity contribution in [3.8, 4) is 5.75 Å². The fourth-order valence-corrected chi connectivity index (χ4v) is 4.22. The van der Waals surface area contributed by atoms with Gasteiger partial charge in [-0.25, -0.2) is 8.42 Å². The zero-order chi connectivity index (χ0) is 20.9. The van der Waals surface area contributed by atoms with E-state index in [2.05, 4.69) is 5.32 Å². The molecule has 0 aliphatic heterocycles. The molecule has 0 aromatic heterocycles. The van der Waals surface area contributed by atoms with Gasteiger partial charge in [-0.1, -0.05) is 26.0 Å². The first-order valence-corrected chi connectivity index (χ1v) is 10.1. The lowest BCUT2D eigenvalue weighted by molar-refractivity contribution is 0.100. The summed E-state index contributed by atoms with van der Waals surface area (Å²) >= 11 is 0. The van der Waals surface area contributed by atoms with Gasteiger partial charge in [0.05, 0.1) is 28.8 Å². The molecular weight excluding hydrogens is 382 g/mol. The molecule has 0 atom stereocenters. The summed E-state index contributed by atoms with van der Waals surface area (Å²) in [6.45, 7) is 4.08. The number of nitrogens with zero attached hydrogens (tertiary/aromatic N) is 1. The highest BCUT2D eigenvalue weighted by atomic mass is 32.2. The Bertz CT molecular complexity index is 985. The third kappa shape index (κ3) is 4.32. The number of carbonyl (C=O) groups excluding carboxylic acids is 2. The van der Waals surface area contributed by atoms with Gasteiger partial charge in [-0.3, -0.25) is 9.59 Å². The van der Waals surface area contributed by atoms with E-state index in [4.69, 9.17) is 10.5 Å². The van der Waals surface area contributed by atoms with E-state index in [1.165, 1.54) is 41.7 Å². The third-order valence-electron chi connectivity index (χ3n) is 4.20. The first-order valence-electron chi connectivity index (χ1n) is 8.64. The Kier molecular flexibility index (Phi) is 6.76. The molecule has 8 nitrogen and oxygen atoms in total. The molecule has 0 saturated heterocycles. The number of anilines is 1. The number of nitrogens with two attached hydrogens (primary N) is 1. The molecule has 0 fully saturated rings. The molecule has 0 unspecified atom stereocenters. The normalized spacial score (nSPS) is 11.3. The van der Waals surface area contributed by atoms with Crippen molar-refractivity contribution in [2.45, 2.75) is 18.7 Å². The van der Waals surface area contributed by atoms with Gasteiger partial charge in [-0.2, -0.15) is 4.31 Å². The molecule has 0 saturated carbocycles. The fourth-order valence-electron chi connectivity index (χ4n) is 2.73. The predicted octanol–water partition coefficient (Wildman–Crippen LogP) is 2.08. The lowest BCUT2D eigenvalue weighted by Crippen LogP contribution is -2.30. The van der Waals surface area contributed by atoms with E-state index in [9.17, 15) is 18.0 Å². The van der Waals surface area contributed by atoms with Crippen molar-refractivity contribution >= 4 is 27.5 Å². The number of sulfonamides is 1. The number of methoxy groups -OCH3 is 1. The van der Waals surface area contributed by atoms with Crippen LogP contribution in [0, 0.1) is 0 Å². The fraction of sp³-hybridized carbons (Fsp3) is 0.263. The van der Waals surface area contributed by atoms with Gasteiger partial charge in [-0.15, -0.1) is 0 Å². The zero-order valence-corrected chi connectivity index (χ0v) is 16.7. The second-order valence-corrected chi connectivity index (χ2v) is 7.75. The summed E-state index contributed by atoms with van der Waals surface area (Å²) in [4.78, 5) is 24.3. The Balaban J connectivity index is 2.47. The Hall–Kier alpha value is -2.91. The van der Waals surface area contributed by atoms with Crippen LogP contribution in [0.4, 0.5) is 5.69 Å². The zero-order valence-electron chi connectivity index (χ0n) is 15.9. The molecule has 0 spiro atoms. The number of nitrogens with one attached hydrogen (secondary N) is 1. The van der Waals surface area contributed by atoms with Crippen molar-refractivity contribution in [3.63, 3.8) is 0 Å².